The van der Waals surface area contributed by atoms with Crippen molar-refractivity contribution in [3.63, 3.8) is 0 Å². The zero-order chi connectivity index (χ0) is 15.9. The van der Waals surface area contributed by atoms with E-state index in [1.54, 1.807) is 6.92 Å². The molecule has 0 aromatic heterocycles. The van der Waals surface area contributed by atoms with Gasteiger partial charge in [-0.15, -0.1) is 0 Å². The Kier molecular flexibility index (Phi) is 6.59. The third kappa shape index (κ3) is 4.99. The Labute approximate surface area is 124 Å². The van der Waals surface area contributed by atoms with Gasteiger partial charge in [0.2, 0.25) is 0 Å². The molecule has 0 N–H and O–H groups in total. The average Bonchev–Trinajstić information content (AvgIpc) is 2.45. The van der Waals surface area contributed by atoms with Crippen LogP contribution in [0.15, 0.2) is 36.6 Å². The van der Waals surface area contributed by atoms with E-state index in [1.807, 2.05) is 6.92 Å². The van der Waals surface area contributed by atoms with E-state index < -0.39 is 12.5 Å². The molecule has 116 valence electrons. The minimum atomic E-state index is -3.54. The number of rotatable bonds is 9. The first-order valence-electron chi connectivity index (χ1n) is 6.80. The van der Waals surface area contributed by atoms with Crippen LogP contribution in [0, 0.1) is 10.1 Å². The number of hydrogen-bond donors (Lipinski definition) is 0. The predicted molar refractivity (Wildman–Crippen MR) is 81.7 cm³/mol. The summed E-state index contributed by atoms with van der Waals surface area (Å²) in [6.45, 7) is 7.69. The summed E-state index contributed by atoms with van der Waals surface area (Å²) in [4.78, 5) is 10.1. The first-order chi connectivity index (χ1) is 9.92. The summed E-state index contributed by atoms with van der Waals surface area (Å²) in [5, 5.41) is 10.9. The van der Waals surface area contributed by atoms with Gasteiger partial charge in [-0.1, -0.05) is 19.9 Å². The highest BCUT2D eigenvalue weighted by Gasteiger charge is 2.29. The SMILES string of the molecule is C=C(CCCC)OP(=O)(OCC)c1ccc([N+](=O)[O-])cc1. The molecule has 7 heteroatoms. The molecule has 0 saturated carbocycles. The molecule has 21 heavy (non-hydrogen) atoms. The number of non-ortho nitro benzene ring substituents is 1. The molecule has 0 amide bonds. The van der Waals surface area contributed by atoms with Crippen molar-refractivity contribution in [3.8, 4) is 0 Å². The molecule has 1 unspecified atom stereocenters. The van der Waals surface area contributed by atoms with Crippen LogP contribution < -0.4 is 5.30 Å². The first kappa shape index (κ1) is 17.4. The highest BCUT2D eigenvalue weighted by Crippen LogP contribution is 2.49. The van der Waals surface area contributed by atoms with Crippen molar-refractivity contribution in [2.24, 2.45) is 0 Å². The molecule has 0 heterocycles. The summed E-state index contributed by atoms with van der Waals surface area (Å²) in [5.41, 5.74) is -0.0772. The van der Waals surface area contributed by atoms with Gasteiger partial charge in [0, 0.05) is 18.6 Å². The fourth-order valence-corrected chi connectivity index (χ4v) is 3.26. The minimum Gasteiger partial charge on any atom is -0.426 e. The van der Waals surface area contributed by atoms with Crippen molar-refractivity contribution in [2.75, 3.05) is 6.61 Å². The van der Waals surface area contributed by atoms with Crippen LogP contribution >= 0.6 is 7.60 Å². The van der Waals surface area contributed by atoms with Crippen LogP contribution in [-0.4, -0.2) is 11.5 Å². The molecule has 1 rings (SSSR count). The molecule has 0 aliphatic heterocycles. The van der Waals surface area contributed by atoms with Crippen molar-refractivity contribution in [3.05, 3.63) is 46.7 Å². The second kappa shape index (κ2) is 7.96. The van der Waals surface area contributed by atoms with Crippen LogP contribution in [0.3, 0.4) is 0 Å². The van der Waals surface area contributed by atoms with Gasteiger partial charge >= 0.3 is 7.60 Å². The van der Waals surface area contributed by atoms with Gasteiger partial charge in [-0.2, -0.15) is 0 Å². The quantitative estimate of drug-likeness (QED) is 0.296. The zero-order valence-corrected chi connectivity index (χ0v) is 13.2. The van der Waals surface area contributed by atoms with Crippen molar-refractivity contribution in [2.45, 2.75) is 33.1 Å². The summed E-state index contributed by atoms with van der Waals surface area (Å²) in [6.07, 6.45) is 2.45. The van der Waals surface area contributed by atoms with Crippen LogP contribution in [-0.2, 0) is 13.6 Å². The molecule has 6 nitrogen and oxygen atoms in total. The fraction of sp³-hybridized carbons (Fsp3) is 0.429. The lowest BCUT2D eigenvalue weighted by atomic mass is 10.2. The molecule has 1 atom stereocenters. The highest BCUT2D eigenvalue weighted by molar-refractivity contribution is 7.62. The van der Waals surface area contributed by atoms with E-state index in [2.05, 4.69) is 6.58 Å². The fourth-order valence-electron chi connectivity index (χ4n) is 1.67. The number of hydrogen-bond acceptors (Lipinski definition) is 5. The number of nitrogens with zero attached hydrogens (tertiary/aromatic N) is 1. The average molecular weight is 313 g/mol. The van der Waals surface area contributed by atoms with E-state index in [0.29, 0.717) is 12.2 Å². The van der Waals surface area contributed by atoms with Gasteiger partial charge in [0.05, 0.1) is 22.6 Å². The molecule has 0 radical (unpaired) electrons. The lowest BCUT2D eigenvalue weighted by Crippen LogP contribution is -2.10. The van der Waals surface area contributed by atoms with Crippen molar-refractivity contribution in [1.29, 1.82) is 0 Å². The smallest absolute Gasteiger partial charge is 0.410 e. The van der Waals surface area contributed by atoms with Crippen LogP contribution in [0.5, 0.6) is 0 Å². The first-order valence-corrected chi connectivity index (χ1v) is 8.34. The lowest BCUT2D eigenvalue weighted by molar-refractivity contribution is -0.384. The van der Waals surface area contributed by atoms with Gasteiger partial charge in [0.1, 0.15) is 0 Å². The van der Waals surface area contributed by atoms with E-state index in [4.69, 9.17) is 9.05 Å². The second-order valence-electron chi connectivity index (χ2n) is 4.42. The van der Waals surface area contributed by atoms with Crippen LogP contribution in [0.2, 0.25) is 0 Å². The molecule has 0 aliphatic carbocycles. The lowest BCUT2D eigenvalue weighted by Gasteiger charge is -2.20. The van der Waals surface area contributed by atoms with Crippen molar-refractivity contribution >= 4 is 18.6 Å². The van der Waals surface area contributed by atoms with Gasteiger partial charge in [-0.25, -0.2) is 4.57 Å². The third-order valence-corrected chi connectivity index (χ3v) is 4.76. The number of allylic oxidation sites excluding steroid dienone is 1. The largest absolute Gasteiger partial charge is 0.426 e. The predicted octanol–water partition coefficient (Wildman–Crippen LogP) is 4.17. The molecule has 0 spiro atoms. The standard InChI is InChI=1S/C14H20NO5P/c1-4-6-7-12(3)20-21(18,19-5-2)14-10-8-13(9-11-14)15(16)17/h8-11H,3-7H2,1-2H3. The van der Waals surface area contributed by atoms with Gasteiger partial charge in [-0.05, 0) is 25.5 Å². The van der Waals surface area contributed by atoms with E-state index in [1.165, 1.54) is 24.3 Å². The van der Waals surface area contributed by atoms with Gasteiger partial charge in [-0.3, -0.25) is 14.6 Å². The monoisotopic (exact) mass is 313 g/mol. The Bertz CT molecular complexity index is 541. The number of unbranched alkanes of at least 4 members (excludes halogenated alkanes) is 1. The Morgan fingerprint density at radius 3 is 2.43 bits per heavy atom. The Hall–Kier alpha value is -1.65. The van der Waals surface area contributed by atoms with Crippen LogP contribution in [0.1, 0.15) is 33.1 Å². The summed E-state index contributed by atoms with van der Waals surface area (Å²) < 4.78 is 23.5. The Morgan fingerprint density at radius 1 is 1.33 bits per heavy atom. The molecule has 0 saturated heterocycles. The third-order valence-electron chi connectivity index (χ3n) is 2.73. The topological polar surface area (TPSA) is 78.7 Å². The molecular weight excluding hydrogens is 293 g/mol. The van der Waals surface area contributed by atoms with Crippen molar-refractivity contribution in [1.82, 2.24) is 0 Å². The van der Waals surface area contributed by atoms with Gasteiger partial charge in [0.15, 0.2) is 0 Å². The summed E-state index contributed by atoms with van der Waals surface area (Å²) in [6, 6.07) is 5.34. The van der Waals surface area contributed by atoms with E-state index in [9.17, 15) is 14.7 Å². The van der Waals surface area contributed by atoms with Crippen molar-refractivity contribution < 1.29 is 18.5 Å². The normalized spacial score (nSPS) is 13.4. The molecular formula is C14H20NO5P. The molecule has 1 aromatic rings. The minimum absolute atomic E-state index is 0.0772. The maximum absolute atomic E-state index is 12.8. The summed E-state index contributed by atoms with van der Waals surface area (Å²) in [7, 11) is -3.54. The molecule has 0 fully saturated rings. The van der Waals surface area contributed by atoms with E-state index in [0.717, 1.165) is 12.8 Å². The molecule has 0 bridgehead atoms. The molecule has 0 aliphatic rings. The highest BCUT2D eigenvalue weighted by atomic mass is 31.2. The van der Waals surface area contributed by atoms with E-state index >= 15 is 0 Å². The second-order valence-corrected chi connectivity index (χ2v) is 6.37. The van der Waals surface area contributed by atoms with Gasteiger partial charge < -0.3 is 4.52 Å². The van der Waals surface area contributed by atoms with E-state index in [-0.39, 0.29) is 17.6 Å². The number of benzene rings is 1. The zero-order valence-electron chi connectivity index (χ0n) is 12.3. The van der Waals surface area contributed by atoms with Crippen LogP contribution in [0.25, 0.3) is 0 Å². The van der Waals surface area contributed by atoms with Crippen LogP contribution in [0.4, 0.5) is 5.69 Å². The summed E-state index contributed by atoms with van der Waals surface area (Å²) in [5.74, 6) is 0.395. The van der Waals surface area contributed by atoms with Gasteiger partial charge in [0.25, 0.3) is 5.69 Å². The number of nitro groups is 1. The maximum atomic E-state index is 12.8. The Morgan fingerprint density at radius 2 is 1.95 bits per heavy atom. The maximum Gasteiger partial charge on any atom is 0.410 e. The number of nitro benzene ring substituents is 1. The molecule has 1 aromatic carbocycles. The summed E-state index contributed by atoms with van der Waals surface area (Å²) >= 11 is 0. The Balaban J connectivity index is 2.95.